The number of aromatic nitrogens is 3. The molecule has 142 valence electrons. The first-order chi connectivity index (χ1) is 13.5. The van der Waals surface area contributed by atoms with Gasteiger partial charge in [-0.05, 0) is 36.6 Å². The maximum atomic E-state index is 12.7. The van der Waals surface area contributed by atoms with E-state index in [1.54, 1.807) is 16.5 Å². The highest BCUT2D eigenvalue weighted by Gasteiger charge is 2.33. The molecule has 3 aromatic rings. The van der Waals surface area contributed by atoms with Crippen molar-refractivity contribution in [2.24, 2.45) is 5.92 Å². The molecule has 28 heavy (non-hydrogen) atoms. The average Bonchev–Trinajstić information content (AvgIpc) is 3.36. The first kappa shape index (κ1) is 17.9. The van der Waals surface area contributed by atoms with Crippen molar-refractivity contribution in [3.8, 4) is 16.8 Å². The van der Waals surface area contributed by atoms with E-state index in [0.29, 0.717) is 18.7 Å². The lowest BCUT2D eigenvalue weighted by Gasteiger charge is -2.14. The minimum atomic E-state index is -0.866. The Kier molecular flexibility index (Phi) is 4.65. The number of benzene rings is 2. The van der Waals surface area contributed by atoms with E-state index in [1.165, 1.54) is 0 Å². The largest absolute Gasteiger partial charge is 0.481 e. The Hall–Kier alpha value is -3.48. The maximum Gasteiger partial charge on any atom is 0.308 e. The summed E-state index contributed by atoms with van der Waals surface area (Å²) < 4.78 is 1.63. The number of carboxylic acids is 1. The molecule has 1 amide bonds. The highest BCUT2D eigenvalue weighted by atomic mass is 16.4. The molecule has 4 rings (SSSR count). The first-order valence-corrected chi connectivity index (χ1v) is 9.15. The van der Waals surface area contributed by atoms with Crippen LogP contribution in [-0.4, -0.2) is 50.0 Å². The van der Waals surface area contributed by atoms with Gasteiger partial charge in [-0.1, -0.05) is 47.7 Å². The summed E-state index contributed by atoms with van der Waals surface area (Å²) in [5.41, 5.74) is 3.93. The molecule has 0 bridgehead atoms. The van der Waals surface area contributed by atoms with E-state index in [4.69, 9.17) is 5.11 Å². The standard InChI is InChI=1S/C21H20N4O3/c1-14-19(20(26)24-12-11-17(13-24)21(27)28)22-23-25(14)18-9-7-16(8-10-18)15-5-3-2-4-6-15/h2-10,17H,11-13H2,1H3,(H,27,28)/t17-/m0/s1. The van der Waals surface area contributed by atoms with Crippen LogP contribution in [0.1, 0.15) is 22.6 Å². The molecule has 2 aromatic carbocycles. The molecule has 1 aliphatic rings. The molecule has 1 N–H and O–H groups in total. The lowest BCUT2D eigenvalue weighted by atomic mass is 10.1. The summed E-state index contributed by atoms with van der Waals surface area (Å²) in [5.74, 6) is -1.65. The zero-order valence-corrected chi connectivity index (χ0v) is 15.4. The summed E-state index contributed by atoms with van der Waals surface area (Å²) in [4.78, 5) is 25.4. The van der Waals surface area contributed by atoms with Gasteiger partial charge in [0.1, 0.15) is 0 Å². The van der Waals surface area contributed by atoms with Gasteiger partial charge in [0.2, 0.25) is 0 Å². The molecule has 1 fully saturated rings. The second-order valence-corrected chi connectivity index (χ2v) is 6.92. The quantitative estimate of drug-likeness (QED) is 0.756. The van der Waals surface area contributed by atoms with Crippen LogP contribution in [0, 0.1) is 12.8 Å². The lowest BCUT2D eigenvalue weighted by Crippen LogP contribution is -2.30. The second-order valence-electron chi connectivity index (χ2n) is 6.92. The number of nitrogens with zero attached hydrogens (tertiary/aromatic N) is 4. The smallest absolute Gasteiger partial charge is 0.308 e. The molecular formula is C21H20N4O3. The summed E-state index contributed by atoms with van der Waals surface area (Å²) in [6.07, 6.45) is 0.467. The monoisotopic (exact) mass is 376 g/mol. The predicted molar refractivity (Wildman–Crippen MR) is 103 cm³/mol. The summed E-state index contributed by atoms with van der Waals surface area (Å²) in [6.45, 7) is 2.43. The maximum absolute atomic E-state index is 12.7. The van der Waals surface area contributed by atoms with Gasteiger partial charge in [-0.2, -0.15) is 0 Å². The number of hydrogen-bond donors (Lipinski definition) is 1. The molecule has 1 saturated heterocycles. The van der Waals surface area contributed by atoms with E-state index in [2.05, 4.69) is 10.3 Å². The van der Waals surface area contributed by atoms with Gasteiger partial charge in [0.25, 0.3) is 5.91 Å². The fraction of sp³-hybridized carbons (Fsp3) is 0.238. The van der Waals surface area contributed by atoms with Gasteiger partial charge in [0.15, 0.2) is 5.69 Å². The molecule has 0 aliphatic carbocycles. The first-order valence-electron chi connectivity index (χ1n) is 9.15. The molecule has 7 nitrogen and oxygen atoms in total. The number of likely N-dealkylation sites (tertiary alicyclic amines) is 1. The molecule has 0 saturated carbocycles. The van der Waals surface area contributed by atoms with Crippen molar-refractivity contribution in [1.82, 2.24) is 19.9 Å². The third-order valence-electron chi connectivity index (χ3n) is 5.14. The highest BCUT2D eigenvalue weighted by molar-refractivity contribution is 5.94. The summed E-state index contributed by atoms with van der Waals surface area (Å²) >= 11 is 0. The Morgan fingerprint density at radius 3 is 2.36 bits per heavy atom. The van der Waals surface area contributed by atoms with Crippen molar-refractivity contribution < 1.29 is 14.7 Å². The average molecular weight is 376 g/mol. The SMILES string of the molecule is Cc1c(C(=O)N2CC[C@H](C(=O)O)C2)nnn1-c1ccc(-c2ccccc2)cc1. The van der Waals surface area contributed by atoms with E-state index >= 15 is 0 Å². The van der Waals surface area contributed by atoms with Crippen LogP contribution in [0.3, 0.4) is 0 Å². The van der Waals surface area contributed by atoms with Gasteiger partial charge >= 0.3 is 5.97 Å². The minimum Gasteiger partial charge on any atom is -0.481 e. The number of carbonyl (C=O) groups is 2. The molecule has 2 heterocycles. The summed E-state index contributed by atoms with van der Waals surface area (Å²) in [6, 6.07) is 18.0. The van der Waals surface area contributed by atoms with E-state index in [0.717, 1.165) is 16.8 Å². The van der Waals surface area contributed by atoms with Crippen LogP contribution in [0.25, 0.3) is 16.8 Å². The van der Waals surface area contributed by atoms with Gasteiger partial charge < -0.3 is 10.0 Å². The van der Waals surface area contributed by atoms with Crippen LogP contribution in [0.2, 0.25) is 0 Å². The summed E-state index contributed by atoms with van der Waals surface area (Å²) in [5, 5.41) is 17.3. The number of aliphatic carboxylic acids is 1. The zero-order valence-electron chi connectivity index (χ0n) is 15.4. The molecular weight excluding hydrogens is 356 g/mol. The van der Waals surface area contributed by atoms with E-state index in [9.17, 15) is 9.59 Å². The van der Waals surface area contributed by atoms with Crippen molar-refractivity contribution in [2.45, 2.75) is 13.3 Å². The van der Waals surface area contributed by atoms with Crippen LogP contribution in [-0.2, 0) is 4.79 Å². The van der Waals surface area contributed by atoms with Crippen LogP contribution >= 0.6 is 0 Å². The number of amides is 1. The van der Waals surface area contributed by atoms with Crippen LogP contribution < -0.4 is 0 Å². The normalized spacial score (nSPS) is 16.3. The number of carbonyl (C=O) groups excluding carboxylic acids is 1. The Morgan fingerprint density at radius 1 is 1.04 bits per heavy atom. The van der Waals surface area contributed by atoms with E-state index < -0.39 is 11.9 Å². The molecule has 1 aromatic heterocycles. The van der Waals surface area contributed by atoms with Crippen LogP contribution in [0.4, 0.5) is 0 Å². The number of hydrogen-bond acceptors (Lipinski definition) is 4. The molecule has 0 spiro atoms. The van der Waals surface area contributed by atoms with Crippen molar-refractivity contribution in [1.29, 1.82) is 0 Å². The Morgan fingerprint density at radius 2 is 1.71 bits per heavy atom. The fourth-order valence-electron chi connectivity index (χ4n) is 3.49. The molecule has 1 aliphatic heterocycles. The lowest BCUT2D eigenvalue weighted by molar-refractivity contribution is -0.141. The molecule has 0 radical (unpaired) electrons. The number of rotatable bonds is 4. The van der Waals surface area contributed by atoms with Crippen molar-refractivity contribution >= 4 is 11.9 Å². The van der Waals surface area contributed by atoms with Crippen molar-refractivity contribution in [3.63, 3.8) is 0 Å². The van der Waals surface area contributed by atoms with Gasteiger partial charge in [-0.15, -0.1) is 5.10 Å². The topological polar surface area (TPSA) is 88.3 Å². The van der Waals surface area contributed by atoms with Crippen molar-refractivity contribution in [2.75, 3.05) is 13.1 Å². The summed E-state index contributed by atoms with van der Waals surface area (Å²) in [7, 11) is 0. The van der Waals surface area contributed by atoms with Crippen LogP contribution in [0.5, 0.6) is 0 Å². The van der Waals surface area contributed by atoms with E-state index in [-0.39, 0.29) is 18.1 Å². The van der Waals surface area contributed by atoms with Crippen molar-refractivity contribution in [3.05, 3.63) is 66.0 Å². The third-order valence-corrected chi connectivity index (χ3v) is 5.14. The van der Waals surface area contributed by atoms with Crippen LogP contribution in [0.15, 0.2) is 54.6 Å². The molecule has 7 heteroatoms. The predicted octanol–water partition coefficient (Wildman–Crippen LogP) is 2.79. The second kappa shape index (κ2) is 7.26. The Labute approximate surface area is 162 Å². The van der Waals surface area contributed by atoms with Gasteiger partial charge in [-0.25, -0.2) is 4.68 Å². The Balaban J connectivity index is 1.55. The van der Waals surface area contributed by atoms with Gasteiger partial charge in [-0.3, -0.25) is 9.59 Å². The Bertz CT molecular complexity index is 1010. The van der Waals surface area contributed by atoms with Gasteiger partial charge in [0.05, 0.1) is 17.3 Å². The highest BCUT2D eigenvalue weighted by Crippen LogP contribution is 2.23. The molecule has 1 atom stereocenters. The zero-order chi connectivity index (χ0) is 19.7. The molecule has 0 unspecified atom stereocenters. The van der Waals surface area contributed by atoms with E-state index in [1.807, 2.05) is 54.6 Å². The fourth-order valence-corrected chi connectivity index (χ4v) is 3.49. The minimum absolute atomic E-state index is 0.215. The van der Waals surface area contributed by atoms with Gasteiger partial charge in [0, 0.05) is 13.1 Å². The number of carboxylic acid groups (broad SMARTS) is 1. The third kappa shape index (κ3) is 3.26.